The summed E-state index contributed by atoms with van der Waals surface area (Å²) in [5.41, 5.74) is 6.01. The Morgan fingerprint density at radius 2 is 1.57 bits per heavy atom. The SMILES string of the molecule is CCNC(=O)NCc1cccc(-c2ccc([C@H]3O[C@@H](CN4CCC(O)(c5ccc(Cl)cc5)CC4)[C@@H](C)[C@@H](c4ccc(CO)cc4)O3)cc2)c1. The van der Waals surface area contributed by atoms with Crippen LogP contribution in [0.3, 0.4) is 0 Å². The molecular formula is C40H46ClN3O5. The lowest BCUT2D eigenvalue weighted by Crippen LogP contribution is -2.49. The normalized spacial score (nSPS) is 22.4. The van der Waals surface area contributed by atoms with E-state index in [0.29, 0.717) is 31.0 Å². The highest BCUT2D eigenvalue weighted by atomic mass is 35.5. The van der Waals surface area contributed by atoms with E-state index in [2.05, 4.69) is 58.9 Å². The minimum Gasteiger partial charge on any atom is -0.392 e. The molecule has 2 aliphatic heterocycles. The summed E-state index contributed by atoms with van der Waals surface area (Å²) >= 11 is 6.10. The highest BCUT2D eigenvalue weighted by Crippen LogP contribution is 2.43. The van der Waals surface area contributed by atoms with E-state index in [1.54, 1.807) is 0 Å². The number of likely N-dealkylation sites (tertiary alicyclic amines) is 1. The van der Waals surface area contributed by atoms with Crippen molar-refractivity contribution in [1.29, 1.82) is 0 Å². The summed E-state index contributed by atoms with van der Waals surface area (Å²) < 4.78 is 13.4. The first-order valence-electron chi connectivity index (χ1n) is 17.2. The van der Waals surface area contributed by atoms with Crippen molar-refractivity contribution >= 4 is 17.6 Å². The fourth-order valence-corrected chi connectivity index (χ4v) is 6.96. The zero-order chi connectivity index (χ0) is 34.4. The van der Waals surface area contributed by atoms with Crippen molar-refractivity contribution in [3.05, 3.63) is 130 Å². The molecule has 2 fully saturated rings. The molecule has 258 valence electrons. The van der Waals surface area contributed by atoms with Crippen molar-refractivity contribution in [3.8, 4) is 11.1 Å². The Hall–Kier alpha value is -3.76. The van der Waals surface area contributed by atoms with Crippen molar-refractivity contribution < 1.29 is 24.5 Å². The van der Waals surface area contributed by atoms with Crippen LogP contribution in [0.5, 0.6) is 0 Å². The van der Waals surface area contributed by atoms with E-state index in [1.165, 1.54) is 0 Å². The number of nitrogens with zero attached hydrogens (tertiary/aromatic N) is 1. The minimum atomic E-state index is -0.871. The first kappa shape index (κ1) is 35.1. The molecule has 4 atom stereocenters. The summed E-state index contributed by atoms with van der Waals surface area (Å²) in [7, 11) is 0. The Bertz CT molecular complexity index is 1670. The summed E-state index contributed by atoms with van der Waals surface area (Å²) in [5, 5.41) is 27.4. The number of ether oxygens (including phenoxy) is 2. The van der Waals surface area contributed by atoms with Gasteiger partial charge in [-0.3, -0.25) is 0 Å². The predicted octanol–water partition coefficient (Wildman–Crippen LogP) is 7.09. The number of rotatable bonds is 10. The average Bonchev–Trinajstić information content (AvgIpc) is 3.13. The van der Waals surface area contributed by atoms with Crippen LogP contribution in [0.25, 0.3) is 11.1 Å². The third-order valence-electron chi connectivity index (χ3n) is 9.86. The summed E-state index contributed by atoms with van der Waals surface area (Å²) in [5.74, 6) is 0.0586. The number of nitrogens with one attached hydrogen (secondary N) is 2. The molecule has 4 N–H and O–H groups in total. The van der Waals surface area contributed by atoms with Gasteiger partial charge in [-0.15, -0.1) is 0 Å². The number of carbonyl (C=O) groups excluding carboxylic acids is 1. The highest BCUT2D eigenvalue weighted by molar-refractivity contribution is 6.30. The average molecular weight is 684 g/mol. The Morgan fingerprint density at radius 3 is 2.24 bits per heavy atom. The van der Waals surface area contributed by atoms with Crippen LogP contribution in [-0.2, 0) is 28.2 Å². The van der Waals surface area contributed by atoms with Crippen LogP contribution in [0.2, 0.25) is 5.02 Å². The number of hydrogen-bond donors (Lipinski definition) is 4. The number of piperidine rings is 1. The molecule has 2 saturated heterocycles. The number of halogens is 1. The molecule has 0 aromatic heterocycles. The van der Waals surface area contributed by atoms with Crippen molar-refractivity contribution in [2.45, 2.75) is 63.9 Å². The van der Waals surface area contributed by atoms with Crippen LogP contribution in [0.4, 0.5) is 4.79 Å². The Kier molecular flexibility index (Phi) is 11.3. The predicted molar refractivity (Wildman–Crippen MR) is 192 cm³/mol. The van der Waals surface area contributed by atoms with E-state index in [0.717, 1.165) is 58.6 Å². The maximum absolute atomic E-state index is 11.9. The van der Waals surface area contributed by atoms with Crippen LogP contribution in [0.1, 0.15) is 66.9 Å². The molecular weight excluding hydrogens is 638 g/mol. The van der Waals surface area contributed by atoms with Gasteiger partial charge in [-0.1, -0.05) is 97.4 Å². The largest absolute Gasteiger partial charge is 0.392 e. The molecule has 6 rings (SSSR count). The fourth-order valence-electron chi connectivity index (χ4n) is 6.84. The first-order chi connectivity index (χ1) is 23.7. The molecule has 0 spiro atoms. The number of benzene rings is 4. The summed E-state index contributed by atoms with van der Waals surface area (Å²) in [6.45, 7) is 7.30. The van der Waals surface area contributed by atoms with E-state index >= 15 is 0 Å². The van der Waals surface area contributed by atoms with E-state index in [4.69, 9.17) is 21.1 Å². The Balaban J connectivity index is 1.17. The molecule has 0 aliphatic carbocycles. The quantitative estimate of drug-likeness (QED) is 0.142. The third-order valence-corrected chi connectivity index (χ3v) is 10.1. The lowest BCUT2D eigenvalue weighted by atomic mass is 9.84. The van der Waals surface area contributed by atoms with Crippen molar-refractivity contribution in [3.63, 3.8) is 0 Å². The molecule has 0 bridgehead atoms. The van der Waals surface area contributed by atoms with Crippen LogP contribution >= 0.6 is 11.6 Å². The van der Waals surface area contributed by atoms with Gasteiger partial charge in [0.25, 0.3) is 0 Å². The molecule has 0 saturated carbocycles. The van der Waals surface area contributed by atoms with Gasteiger partial charge >= 0.3 is 6.03 Å². The lowest BCUT2D eigenvalue weighted by molar-refractivity contribution is -0.277. The molecule has 8 nitrogen and oxygen atoms in total. The van der Waals surface area contributed by atoms with E-state index in [1.807, 2.05) is 67.6 Å². The number of aliphatic hydroxyl groups is 2. The zero-order valence-electron chi connectivity index (χ0n) is 28.1. The number of amides is 2. The van der Waals surface area contributed by atoms with Gasteiger partial charge in [0.2, 0.25) is 0 Å². The van der Waals surface area contributed by atoms with Crippen molar-refractivity contribution in [2.75, 3.05) is 26.2 Å². The number of aliphatic hydroxyl groups excluding tert-OH is 1. The molecule has 4 aromatic rings. The van der Waals surface area contributed by atoms with E-state index in [9.17, 15) is 15.0 Å². The molecule has 0 unspecified atom stereocenters. The standard InChI is InChI=1S/C40H46ClN3O5/c1-3-42-39(46)43-24-29-5-4-6-33(23-29)30-11-13-32(14-12-30)38-48-36(27(2)37(49-38)31-9-7-28(26-45)8-10-31)25-44-21-19-40(47,20-22-44)34-15-17-35(41)18-16-34/h4-18,23,27,36-38,45,47H,3,19-22,24-26H2,1-2H3,(H2,42,43,46)/t27-,36+,37+,38+/m1/s1. The van der Waals surface area contributed by atoms with Gasteiger partial charge in [0.05, 0.1) is 24.4 Å². The van der Waals surface area contributed by atoms with Crippen LogP contribution in [0.15, 0.2) is 97.1 Å². The van der Waals surface area contributed by atoms with Crippen molar-refractivity contribution in [1.82, 2.24) is 15.5 Å². The van der Waals surface area contributed by atoms with E-state index in [-0.39, 0.29) is 30.8 Å². The maximum Gasteiger partial charge on any atom is 0.315 e. The zero-order valence-corrected chi connectivity index (χ0v) is 28.9. The Morgan fingerprint density at radius 1 is 0.878 bits per heavy atom. The third kappa shape index (κ3) is 8.52. The topological polar surface area (TPSA) is 103 Å². The second-order valence-corrected chi connectivity index (χ2v) is 13.6. The second-order valence-electron chi connectivity index (χ2n) is 13.2. The van der Waals surface area contributed by atoms with Gasteiger partial charge in [0, 0.05) is 49.2 Å². The molecule has 4 aromatic carbocycles. The van der Waals surface area contributed by atoms with Gasteiger partial charge in [0.1, 0.15) is 0 Å². The summed E-state index contributed by atoms with van der Waals surface area (Å²) in [6, 6.07) is 31.8. The van der Waals surface area contributed by atoms with Crippen LogP contribution in [0, 0.1) is 5.92 Å². The van der Waals surface area contributed by atoms with Crippen molar-refractivity contribution in [2.24, 2.45) is 5.92 Å². The number of urea groups is 1. The van der Waals surface area contributed by atoms with Gasteiger partial charge in [-0.2, -0.15) is 0 Å². The van der Waals surface area contributed by atoms with Gasteiger partial charge in [-0.05, 0) is 71.3 Å². The molecule has 0 radical (unpaired) electrons. The monoisotopic (exact) mass is 683 g/mol. The van der Waals surface area contributed by atoms with Gasteiger partial charge < -0.3 is 35.2 Å². The summed E-state index contributed by atoms with van der Waals surface area (Å²) in [6.07, 6.45) is 0.373. The fraction of sp³-hybridized carbons (Fsp3) is 0.375. The number of hydrogen-bond acceptors (Lipinski definition) is 6. The summed E-state index contributed by atoms with van der Waals surface area (Å²) in [4.78, 5) is 14.3. The smallest absolute Gasteiger partial charge is 0.315 e. The molecule has 2 heterocycles. The minimum absolute atomic E-state index is 0.00694. The second kappa shape index (κ2) is 15.9. The van der Waals surface area contributed by atoms with E-state index < -0.39 is 11.9 Å². The molecule has 9 heteroatoms. The maximum atomic E-state index is 11.9. The van der Waals surface area contributed by atoms with Gasteiger partial charge in [-0.25, -0.2) is 4.79 Å². The molecule has 2 aliphatic rings. The first-order valence-corrected chi connectivity index (χ1v) is 17.5. The van der Waals surface area contributed by atoms with Crippen LogP contribution in [-0.4, -0.2) is 53.4 Å². The van der Waals surface area contributed by atoms with Crippen LogP contribution < -0.4 is 10.6 Å². The molecule has 49 heavy (non-hydrogen) atoms. The number of carbonyl (C=O) groups is 1. The Labute approximate surface area is 294 Å². The van der Waals surface area contributed by atoms with Gasteiger partial charge in [0.15, 0.2) is 6.29 Å². The highest BCUT2D eigenvalue weighted by Gasteiger charge is 2.41. The lowest BCUT2D eigenvalue weighted by Gasteiger charge is -2.45. The molecule has 2 amide bonds.